The van der Waals surface area contributed by atoms with Crippen molar-refractivity contribution in [3.63, 3.8) is 0 Å². The summed E-state index contributed by atoms with van der Waals surface area (Å²) in [6.07, 6.45) is 7.43. The van der Waals surface area contributed by atoms with Gasteiger partial charge < -0.3 is 24.4 Å². The van der Waals surface area contributed by atoms with Crippen LogP contribution >= 0.6 is 11.8 Å². The summed E-state index contributed by atoms with van der Waals surface area (Å²) >= 11 is 1.62. The van der Waals surface area contributed by atoms with Gasteiger partial charge in [-0.3, -0.25) is 14.4 Å². The molecule has 3 fully saturated rings. The number of fused-ring (bicyclic) bond motifs is 1. The SMILES string of the molecule is C=CCCCCOC(=O)[C@@H]1[C@@H]2CC(C)C3(S2)C(C(=O)N(CC=C)c2ccc(OC)cc2)N([C@@H](CO)[C@@H](C)CC)C(=O)[C@H]13. The predicted molar refractivity (Wildman–Crippen MR) is 166 cm³/mol. The van der Waals surface area contributed by atoms with Gasteiger partial charge in [0.25, 0.3) is 5.91 Å². The summed E-state index contributed by atoms with van der Waals surface area (Å²) in [5.74, 6) is -1.49. The van der Waals surface area contributed by atoms with E-state index in [1.165, 1.54) is 0 Å². The number of amides is 2. The van der Waals surface area contributed by atoms with Crippen LogP contribution in [0.3, 0.4) is 0 Å². The highest BCUT2D eigenvalue weighted by Crippen LogP contribution is 2.69. The molecule has 0 aromatic heterocycles. The first kappa shape index (κ1) is 32.1. The lowest BCUT2D eigenvalue weighted by molar-refractivity contribution is -0.155. The molecule has 3 heterocycles. The monoisotopic (exact) mass is 598 g/mol. The average molecular weight is 599 g/mol. The third kappa shape index (κ3) is 5.50. The summed E-state index contributed by atoms with van der Waals surface area (Å²) in [5.41, 5.74) is 0.665. The van der Waals surface area contributed by atoms with Crippen LogP contribution in [0.1, 0.15) is 52.9 Å². The highest BCUT2D eigenvalue weighted by molar-refractivity contribution is 8.02. The lowest BCUT2D eigenvalue weighted by atomic mass is 9.66. The van der Waals surface area contributed by atoms with Gasteiger partial charge in [0.05, 0.1) is 42.9 Å². The van der Waals surface area contributed by atoms with Crippen LogP contribution in [0.4, 0.5) is 5.69 Å². The molecule has 3 aliphatic heterocycles. The molecule has 8 atom stereocenters. The molecular weight excluding hydrogens is 552 g/mol. The Bertz CT molecular complexity index is 1160. The van der Waals surface area contributed by atoms with E-state index in [2.05, 4.69) is 20.1 Å². The first-order valence-electron chi connectivity index (χ1n) is 15.2. The van der Waals surface area contributed by atoms with E-state index < -0.39 is 28.7 Å². The van der Waals surface area contributed by atoms with Gasteiger partial charge in [-0.15, -0.1) is 24.9 Å². The summed E-state index contributed by atoms with van der Waals surface area (Å²) in [5, 5.41) is 10.5. The van der Waals surface area contributed by atoms with Crippen LogP contribution in [0.25, 0.3) is 0 Å². The lowest BCUT2D eigenvalue weighted by Crippen LogP contribution is -2.60. The molecule has 0 aliphatic carbocycles. The fourth-order valence-corrected chi connectivity index (χ4v) is 9.59. The molecular formula is C33H46N2O6S. The van der Waals surface area contributed by atoms with Crippen LogP contribution in [-0.4, -0.2) is 76.7 Å². The molecule has 2 bridgehead atoms. The van der Waals surface area contributed by atoms with E-state index in [0.29, 0.717) is 18.0 Å². The third-order valence-electron chi connectivity index (χ3n) is 9.54. The van der Waals surface area contributed by atoms with Crippen LogP contribution in [0.5, 0.6) is 5.75 Å². The smallest absolute Gasteiger partial charge is 0.310 e. The second-order valence-corrected chi connectivity index (χ2v) is 13.4. The zero-order valence-corrected chi connectivity index (χ0v) is 26.2. The lowest BCUT2D eigenvalue weighted by Gasteiger charge is -2.43. The number of allylic oxidation sites excluding steroid dienone is 1. The Labute approximate surface area is 254 Å². The number of anilines is 1. The number of aliphatic hydroxyl groups is 1. The van der Waals surface area contributed by atoms with Gasteiger partial charge in [0.15, 0.2) is 0 Å². The summed E-state index contributed by atoms with van der Waals surface area (Å²) in [6, 6.07) is 5.84. The Balaban J connectivity index is 1.76. The summed E-state index contributed by atoms with van der Waals surface area (Å²) in [4.78, 5) is 46.3. The third-order valence-corrected chi connectivity index (χ3v) is 11.6. The molecule has 0 saturated carbocycles. The van der Waals surface area contributed by atoms with Crippen molar-refractivity contribution >= 4 is 35.2 Å². The molecule has 1 N–H and O–H groups in total. The molecule has 230 valence electrons. The molecule has 3 saturated heterocycles. The van der Waals surface area contributed by atoms with E-state index in [1.807, 2.05) is 32.1 Å². The van der Waals surface area contributed by atoms with E-state index >= 15 is 0 Å². The average Bonchev–Trinajstić information content (AvgIpc) is 3.59. The standard InChI is InChI=1S/C33H46N2O6S/c1-7-10-11-12-18-41-32(39)27-26-19-22(5)33(42-26)28(27)30(37)35(25(20-36)21(4)9-3)29(33)31(38)34(17-8-2)23-13-15-24(40-6)16-14-23/h7-8,13-16,21-22,25-29,36H,1-2,9-12,17-20H2,3-6H3/t21-,22?,25-,26-,27+,28-,29?,33?/m0/s1. The number of rotatable bonds is 15. The van der Waals surface area contributed by atoms with Crippen molar-refractivity contribution in [2.24, 2.45) is 23.7 Å². The number of methoxy groups -OCH3 is 1. The Morgan fingerprint density at radius 1 is 1.24 bits per heavy atom. The molecule has 8 nitrogen and oxygen atoms in total. The number of carbonyl (C=O) groups excluding carboxylic acids is 3. The first-order chi connectivity index (χ1) is 20.2. The number of unbranched alkanes of at least 4 members (excludes halogenated alkanes) is 2. The first-order valence-corrected chi connectivity index (χ1v) is 16.0. The van der Waals surface area contributed by atoms with Crippen molar-refractivity contribution in [2.45, 2.75) is 75.0 Å². The quantitative estimate of drug-likeness (QED) is 0.175. The number of hydrogen-bond donors (Lipinski definition) is 1. The van der Waals surface area contributed by atoms with Crippen LogP contribution in [0.15, 0.2) is 49.6 Å². The minimum Gasteiger partial charge on any atom is -0.497 e. The number of hydrogen-bond acceptors (Lipinski definition) is 7. The van der Waals surface area contributed by atoms with E-state index in [1.54, 1.807) is 46.9 Å². The second-order valence-electron chi connectivity index (χ2n) is 11.8. The minimum absolute atomic E-state index is 0.00904. The number of ether oxygens (including phenoxy) is 2. The maximum Gasteiger partial charge on any atom is 0.310 e. The van der Waals surface area contributed by atoms with Gasteiger partial charge in [-0.2, -0.15) is 0 Å². The molecule has 3 aliphatic rings. The fourth-order valence-electron chi connectivity index (χ4n) is 7.20. The van der Waals surface area contributed by atoms with E-state index in [0.717, 1.165) is 32.1 Å². The molecule has 4 rings (SSSR count). The van der Waals surface area contributed by atoms with E-state index in [-0.39, 0.29) is 48.0 Å². The van der Waals surface area contributed by atoms with Crippen molar-refractivity contribution in [2.75, 3.05) is 31.8 Å². The molecule has 9 heteroatoms. The van der Waals surface area contributed by atoms with Crippen LogP contribution in [0.2, 0.25) is 0 Å². The summed E-state index contributed by atoms with van der Waals surface area (Å²) in [7, 11) is 1.59. The van der Waals surface area contributed by atoms with E-state index in [9.17, 15) is 19.5 Å². The van der Waals surface area contributed by atoms with Crippen LogP contribution in [0, 0.1) is 23.7 Å². The number of nitrogens with zero attached hydrogens (tertiary/aromatic N) is 2. The van der Waals surface area contributed by atoms with Crippen molar-refractivity contribution in [3.8, 4) is 5.75 Å². The predicted octanol–water partition coefficient (Wildman–Crippen LogP) is 4.86. The highest BCUT2D eigenvalue weighted by atomic mass is 32.2. The van der Waals surface area contributed by atoms with Gasteiger partial charge in [-0.1, -0.05) is 39.3 Å². The van der Waals surface area contributed by atoms with Crippen LogP contribution in [-0.2, 0) is 19.1 Å². The number of esters is 1. The number of likely N-dealkylation sites (tertiary alicyclic amines) is 1. The van der Waals surface area contributed by atoms with E-state index in [4.69, 9.17) is 9.47 Å². The highest BCUT2D eigenvalue weighted by Gasteiger charge is 2.77. The van der Waals surface area contributed by atoms with Crippen LogP contribution < -0.4 is 9.64 Å². The fraction of sp³-hybridized carbons (Fsp3) is 0.606. The minimum atomic E-state index is -0.849. The Morgan fingerprint density at radius 2 is 1.95 bits per heavy atom. The normalized spacial score (nSPS) is 29.1. The Morgan fingerprint density at radius 3 is 2.55 bits per heavy atom. The van der Waals surface area contributed by atoms with Crippen molar-refractivity contribution < 1.29 is 29.0 Å². The molecule has 1 spiro atoms. The van der Waals surface area contributed by atoms with Gasteiger partial charge in [0.1, 0.15) is 11.8 Å². The largest absolute Gasteiger partial charge is 0.497 e. The molecule has 0 radical (unpaired) electrons. The number of thioether (sulfide) groups is 1. The molecule has 1 aromatic rings. The second kappa shape index (κ2) is 13.7. The molecule has 1 aromatic carbocycles. The maximum atomic E-state index is 14.8. The Hall–Kier alpha value is -2.78. The topological polar surface area (TPSA) is 96.4 Å². The van der Waals surface area contributed by atoms with Crippen molar-refractivity contribution in [3.05, 3.63) is 49.6 Å². The van der Waals surface area contributed by atoms with Crippen molar-refractivity contribution in [1.29, 1.82) is 0 Å². The van der Waals surface area contributed by atoms with Crippen molar-refractivity contribution in [1.82, 2.24) is 4.90 Å². The summed E-state index contributed by atoms with van der Waals surface area (Å²) < 4.78 is 10.3. The zero-order chi connectivity index (χ0) is 30.6. The van der Waals surface area contributed by atoms with Gasteiger partial charge in [-0.05, 0) is 61.8 Å². The van der Waals surface area contributed by atoms with Gasteiger partial charge >= 0.3 is 5.97 Å². The summed E-state index contributed by atoms with van der Waals surface area (Å²) in [6.45, 7) is 14.0. The van der Waals surface area contributed by atoms with Gasteiger partial charge in [0.2, 0.25) is 5.91 Å². The van der Waals surface area contributed by atoms with Gasteiger partial charge in [0, 0.05) is 17.5 Å². The molecule has 42 heavy (non-hydrogen) atoms. The zero-order valence-electron chi connectivity index (χ0n) is 25.4. The number of aliphatic hydroxyl groups excluding tert-OH is 1. The maximum absolute atomic E-state index is 14.8. The molecule has 2 amide bonds. The van der Waals surface area contributed by atoms with Gasteiger partial charge in [-0.25, -0.2) is 0 Å². The number of benzene rings is 1. The number of carbonyl (C=O) groups is 3. The molecule has 3 unspecified atom stereocenters. The Kier molecular flexibility index (Phi) is 10.5.